The van der Waals surface area contributed by atoms with Gasteiger partial charge < -0.3 is 9.84 Å². The van der Waals surface area contributed by atoms with Crippen LogP contribution < -0.4 is 5.32 Å². The first-order valence-corrected chi connectivity index (χ1v) is 6.30. The second kappa shape index (κ2) is 5.43. The molecular formula is C12H21N3O. The first-order valence-electron chi connectivity index (χ1n) is 6.30. The zero-order valence-electron chi connectivity index (χ0n) is 10.2. The highest BCUT2D eigenvalue weighted by Gasteiger charge is 2.25. The van der Waals surface area contributed by atoms with Gasteiger partial charge in [-0.05, 0) is 38.6 Å². The predicted octanol–water partition coefficient (Wildman–Crippen LogP) is 2.47. The van der Waals surface area contributed by atoms with E-state index in [2.05, 4.69) is 22.4 Å². The van der Waals surface area contributed by atoms with Crippen LogP contribution in [0.1, 0.15) is 56.7 Å². The largest absolute Gasteiger partial charge is 0.339 e. The molecule has 1 heterocycles. The molecule has 1 aromatic rings. The summed E-state index contributed by atoms with van der Waals surface area (Å²) in [6.45, 7) is 2.97. The quantitative estimate of drug-likeness (QED) is 0.852. The maximum Gasteiger partial charge on any atom is 0.229 e. The Labute approximate surface area is 96.8 Å². The van der Waals surface area contributed by atoms with Crippen LogP contribution in [0.3, 0.4) is 0 Å². The molecule has 1 aliphatic rings. The number of hydrogen-bond donors (Lipinski definition) is 1. The number of nitrogens with zero attached hydrogens (tertiary/aromatic N) is 2. The van der Waals surface area contributed by atoms with E-state index in [1.54, 1.807) is 0 Å². The molecule has 0 atom stereocenters. The molecule has 0 saturated heterocycles. The van der Waals surface area contributed by atoms with Gasteiger partial charge in [-0.2, -0.15) is 4.98 Å². The summed E-state index contributed by atoms with van der Waals surface area (Å²) in [4.78, 5) is 4.43. The smallest absolute Gasteiger partial charge is 0.229 e. The topological polar surface area (TPSA) is 51.0 Å². The van der Waals surface area contributed by atoms with Crippen molar-refractivity contribution in [2.75, 3.05) is 7.05 Å². The van der Waals surface area contributed by atoms with Crippen molar-refractivity contribution in [2.45, 2.75) is 51.5 Å². The molecule has 1 fully saturated rings. The monoisotopic (exact) mass is 223 g/mol. The molecule has 0 bridgehead atoms. The highest BCUT2D eigenvalue weighted by molar-refractivity contribution is 4.96. The molecule has 1 aliphatic carbocycles. The fourth-order valence-electron chi connectivity index (χ4n) is 2.48. The summed E-state index contributed by atoms with van der Waals surface area (Å²) in [5, 5.41) is 7.00. The summed E-state index contributed by atoms with van der Waals surface area (Å²) in [6.07, 6.45) is 6.34. The van der Waals surface area contributed by atoms with Crippen LogP contribution >= 0.6 is 0 Å². The van der Waals surface area contributed by atoms with Gasteiger partial charge in [0.1, 0.15) is 0 Å². The molecule has 0 radical (unpaired) electrons. The average molecular weight is 223 g/mol. The van der Waals surface area contributed by atoms with Crippen molar-refractivity contribution in [3.05, 3.63) is 11.7 Å². The van der Waals surface area contributed by atoms with E-state index in [1.165, 1.54) is 32.1 Å². The Morgan fingerprint density at radius 1 is 1.31 bits per heavy atom. The average Bonchev–Trinajstić information content (AvgIpc) is 2.78. The van der Waals surface area contributed by atoms with E-state index in [0.717, 1.165) is 17.6 Å². The maximum atomic E-state index is 5.32. The first-order chi connectivity index (χ1) is 7.83. The van der Waals surface area contributed by atoms with Gasteiger partial charge >= 0.3 is 0 Å². The number of rotatable bonds is 4. The Kier molecular flexibility index (Phi) is 3.93. The zero-order chi connectivity index (χ0) is 11.4. The second-order valence-electron chi connectivity index (χ2n) is 4.71. The minimum atomic E-state index is 0.501. The number of nitrogens with one attached hydrogen (secondary N) is 1. The van der Waals surface area contributed by atoms with Crippen molar-refractivity contribution >= 4 is 0 Å². The summed E-state index contributed by atoms with van der Waals surface area (Å²) >= 11 is 0. The third-order valence-electron chi connectivity index (χ3n) is 3.59. The van der Waals surface area contributed by atoms with Gasteiger partial charge in [-0.15, -0.1) is 0 Å². The van der Waals surface area contributed by atoms with Crippen LogP contribution in [0, 0.1) is 5.92 Å². The summed E-state index contributed by atoms with van der Waals surface area (Å²) in [5.74, 6) is 3.03. The summed E-state index contributed by atoms with van der Waals surface area (Å²) < 4.78 is 5.32. The second-order valence-corrected chi connectivity index (χ2v) is 4.71. The van der Waals surface area contributed by atoms with Crippen molar-refractivity contribution < 1.29 is 4.52 Å². The Bertz CT molecular complexity index is 316. The van der Waals surface area contributed by atoms with Crippen molar-refractivity contribution in [1.29, 1.82) is 0 Å². The van der Waals surface area contributed by atoms with Crippen LogP contribution in [-0.2, 0) is 6.54 Å². The highest BCUT2D eigenvalue weighted by Crippen LogP contribution is 2.36. The van der Waals surface area contributed by atoms with Gasteiger partial charge in [0.05, 0.1) is 6.54 Å². The third-order valence-corrected chi connectivity index (χ3v) is 3.59. The van der Waals surface area contributed by atoms with Crippen molar-refractivity contribution in [3.8, 4) is 0 Å². The fourth-order valence-corrected chi connectivity index (χ4v) is 2.48. The maximum absolute atomic E-state index is 5.32. The fraction of sp³-hybridized carbons (Fsp3) is 0.833. The van der Waals surface area contributed by atoms with Gasteiger partial charge in [-0.25, -0.2) is 0 Å². The normalized spacial score (nSPS) is 25.9. The molecule has 0 unspecified atom stereocenters. The van der Waals surface area contributed by atoms with Crippen molar-refractivity contribution in [2.24, 2.45) is 5.92 Å². The van der Waals surface area contributed by atoms with E-state index in [0.29, 0.717) is 12.5 Å². The lowest BCUT2D eigenvalue weighted by Gasteiger charge is -2.25. The zero-order valence-corrected chi connectivity index (χ0v) is 10.2. The van der Waals surface area contributed by atoms with Crippen molar-refractivity contribution in [3.63, 3.8) is 0 Å². The van der Waals surface area contributed by atoms with Gasteiger partial charge in [-0.3, -0.25) is 0 Å². The molecule has 1 saturated carbocycles. The van der Waals surface area contributed by atoms with Crippen LogP contribution in [0.2, 0.25) is 0 Å². The summed E-state index contributed by atoms with van der Waals surface area (Å²) in [5.41, 5.74) is 0. The highest BCUT2D eigenvalue weighted by atomic mass is 16.5. The predicted molar refractivity (Wildman–Crippen MR) is 62.1 cm³/mol. The first kappa shape index (κ1) is 11.6. The van der Waals surface area contributed by atoms with E-state index in [9.17, 15) is 0 Å². The van der Waals surface area contributed by atoms with Gasteiger partial charge in [0.15, 0.2) is 5.82 Å². The number of aromatic nitrogens is 2. The van der Waals surface area contributed by atoms with Crippen LogP contribution in [0.25, 0.3) is 0 Å². The van der Waals surface area contributed by atoms with Gasteiger partial charge in [-0.1, -0.05) is 18.5 Å². The van der Waals surface area contributed by atoms with E-state index in [-0.39, 0.29) is 0 Å². The molecule has 16 heavy (non-hydrogen) atoms. The lowest BCUT2D eigenvalue weighted by Crippen LogP contribution is -2.13. The van der Waals surface area contributed by atoms with Gasteiger partial charge in [0, 0.05) is 5.92 Å². The van der Waals surface area contributed by atoms with E-state index in [4.69, 9.17) is 4.52 Å². The minimum absolute atomic E-state index is 0.501. The van der Waals surface area contributed by atoms with E-state index >= 15 is 0 Å². The molecular weight excluding hydrogens is 202 g/mol. The summed E-state index contributed by atoms with van der Waals surface area (Å²) in [7, 11) is 1.89. The van der Waals surface area contributed by atoms with E-state index < -0.39 is 0 Å². The molecule has 90 valence electrons. The molecule has 1 aromatic heterocycles. The molecule has 0 aliphatic heterocycles. The van der Waals surface area contributed by atoms with Crippen LogP contribution in [0.4, 0.5) is 0 Å². The molecule has 0 amide bonds. The summed E-state index contributed by atoms with van der Waals surface area (Å²) in [6, 6.07) is 0. The van der Waals surface area contributed by atoms with Crippen LogP contribution in [0.15, 0.2) is 4.52 Å². The Morgan fingerprint density at radius 3 is 2.69 bits per heavy atom. The molecule has 2 rings (SSSR count). The van der Waals surface area contributed by atoms with E-state index in [1.807, 2.05) is 7.05 Å². The molecule has 4 heteroatoms. The van der Waals surface area contributed by atoms with Crippen LogP contribution in [-0.4, -0.2) is 17.2 Å². The molecule has 4 nitrogen and oxygen atoms in total. The Morgan fingerprint density at radius 2 is 2.06 bits per heavy atom. The van der Waals surface area contributed by atoms with Gasteiger partial charge in [0.2, 0.25) is 5.89 Å². The molecule has 1 N–H and O–H groups in total. The minimum Gasteiger partial charge on any atom is -0.339 e. The Balaban J connectivity index is 1.92. The lowest BCUT2D eigenvalue weighted by atomic mass is 9.81. The Hall–Kier alpha value is -0.900. The standard InChI is InChI=1S/C12H21N3O/c1-3-9-4-6-10(7-5-9)12-14-11(8-13-2)15-16-12/h9-10,13H,3-8H2,1-2H3. The van der Waals surface area contributed by atoms with Crippen LogP contribution in [0.5, 0.6) is 0 Å². The molecule has 0 aromatic carbocycles. The SMILES string of the molecule is CCC1CCC(c2nc(CNC)no2)CC1. The lowest BCUT2D eigenvalue weighted by molar-refractivity contribution is 0.267. The van der Waals surface area contributed by atoms with Gasteiger partial charge in [0.25, 0.3) is 0 Å². The third kappa shape index (κ3) is 2.61. The van der Waals surface area contributed by atoms with Crippen molar-refractivity contribution in [1.82, 2.24) is 15.5 Å². The number of hydrogen-bond acceptors (Lipinski definition) is 4. The molecule has 0 spiro atoms.